The lowest BCUT2D eigenvalue weighted by molar-refractivity contribution is 0.0952. The van der Waals surface area contributed by atoms with Gasteiger partial charge in [0.1, 0.15) is 0 Å². The smallest absolute Gasteiger partial charge is 0.251 e. The number of hydrogen-bond donors (Lipinski definition) is 2. The summed E-state index contributed by atoms with van der Waals surface area (Å²) in [4.78, 5) is 14.6. The van der Waals surface area contributed by atoms with Crippen LogP contribution in [0.3, 0.4) is 0 Å². The van der Waals surface area contributed by atoms with Crippen molar-refractivity contribution in [2.45, 2.75) is 19.4 Å². The van der Waals surface area contributed by atoms with Gasteiger partial charge in [0.2, 0.25) is 0 Å². The average molecular weight is 277 g/mol. The molecule has 1 amide bonds. The van der Waals surface area contributed by atoms with Crippen LogP contribution in [0, 0.1) is 0 Å². The second-order valence-electron chi connectivity index (χ2n) is 5.31. The van der Waals surface area contributed by atoms with Gasteiger partial charge in [0, 0.05) is 44.0 Å². The van der Waals surface area contributed by atoms with Crippen molar-refractivity contribution in [2.75, 3.05) is 37.8 Å². The molecule has 0 unspecified atom stereocenters. The summed E-state index contributed by atoms with van der Waals surface area (Å²) in [5.41, 5.74) is 4.43. The molecule has 0 bridgehead atoms. The van der Waals surface area contributed by atoms with Gasteiger partial charge >= 0.3 is 0 Å². The Morgan fingerprint density at radius 2 is 2.30 bits per heavy atom. The zero-order chi connectivity index (χ0) is 13.9. The van der Waals surface area contributed by atoms with E-state index in [9.17, 15) is 9.18 Å². The van der Waals surface area contributed by atoms with Crippen LogP contribution in [0.25, 0.3) is 0 Å². The molecule has 5 heteroatoms. The van der Waals surface area contributed by atoms with Crippen molar-refractivity contribution < 1.29 is 9.18 Å². The average Bonchev–Trinajstić information content (AvgIpc) is 2.76. The van der Waals surface area contributed by atoms with Crippen LogP contribution in [0.5, 0.6) is 0 Å². The van der Waals surface area contributed by atoms with Crippen molar-refractivity contribution >= 4 is 11.6 Å². The van der Waals surface area contributed by atoms with Crippen molar-refractivity contribution in [2.24, 2.45) is 0 Å². The molecule has 0 radical (unpaired) electrons. The summed E-state index contributed by atoms with van der Waals surface area (Å²) < 4.78 is 12.1. The molecule has 0 fully saturated rings. The van der Waals surface area contributed by atoms with Gasteiger partial charge in [0.25, 0.3) is 5.91 Å². The Morgan fingerprint density at radius 3 is 3.15 bits per heavy atom. The lowest BCUT2D eigenvalue weighted by Gasteiger charge is -2.19. The van der Waals surface area contributed by atoms with Gasteiger partial charge in [-0.15, -0.1) is 0 Å². The van der Waals surface area contributed by atoms with Gasteiger partial charge < -0.3 is 15.5 Å². The zero-order valence-electron chi connectivity index (χ0n) is 11.5. The molecule has 1 aromatic carbocycles. The largest absolute Gasteiger partial charge is 0.369 e. The van der Waals surface area contributed by atoms with Crippen molar-refractivity contribution in [3.63, 3.8) is 0 Å². The fourth-order valence-corrected chi connectivity index (χ4v) is 3.07. The molecule has 2 aliphatic heterocycles. The SMILES string of the molecule is O=C(NCCCF)c1ccc2c3c1CCN3CCNC2. The number of hydrogen-bond acceptors (Lipinski definition) is 3. The van der Waals surface area contributed by atoms with Gasteiger partial charge in [-0.3, -0.25) is 9.18 Å². The van der Waals surface area contributed by atoms with E-state index in [2.05, 4.69) is 15.5 Å². The first-order valence-electron chi connectivity index (χ1n) is 7.26. The van der Waals surface area contributed by atoms with Gasteiger partial charge in [-0.1, -0.05) is 6.07 Å². The lowest BCUT2D eigenvalue weighted by atomic mass is 10.00. The number of carbonyl (C=O) groups is 1. The van der Waals surface area contributed by atoms with Gasteiger partial charge in [0.15, 0.2) is 0 Å². The number of nitrogens with zero attached hydrogens (tertiary/aromatic N) is 1. The first kappa shape index (κ1) is 13.4. The summed E-state index contributed by atoms with van der Waals surface area (Å²) in [5, 5.41) is 6.20. The van der Waals surface area contributed by atoms with Gasteiger partial charge in [-0.2, -0.15) is 0 Å². The molecule has 20 heavy (non-hydrogen) atoms. The van der Waals surface area contributed by atoms with E-state index in [1.807, 2.05) is 12.1 Å². The fraction of sp³-hybridized carbons (Fsp3) is 0.533. The van der Waals surface area contributed by atoms with E-state index in [-0.39, 0.29) is 5.91 Å². The standard InChI is InChI=1S/C15H20FN3O/c16-5-1-6-18-15(20)13-3-2-11-10-17-7-9-19-8-4-12(13)14(11)19/h2-3,17H,1,4-10H2,(H,18,20). The zero-order valence-corrected chi connectivity index (χ0v) is 11.5. The minimum atomic E-state index is -0.392. The Morgan fingerprint density at radius 1 is 1.40 bits per heavy atom. The van der Waals surface area contributed by atoms with E-state index in [0.717, 1.165) is 43.7 Å². The first-order valence-corrected chi connectivity index (χ1v) is 7.26. The highest BCUT2D eigenvalue weighted by Crippen LogP contribution is 2.35. The highest BCUT2D eigenvalue weighted by Gasteiger charge is 2.28. The fourth-order valence-electron chi connectivity index (χ4n) is 3.07. The number of rotatable bonds is 4. The van der Waals surface area contributed by atoms with Crippen LogP contribution < -0.4 is 15.5 Å². The van der Waals surface area contributed by atoms with Crippen LogP contribution in [0.1, 0.15) is 27.9 Å². The van der Waals surface area contributed by atoms with Crippen LogP contribution in [-0.2, 0) is 13.0 Å². The summed E-state index contributed by atoms with van der Waals surface area (Å²) >= 11 is 0. The Balaban J connectivity index is 1.87. The summed E-state index contributed by atoms with van der Waals surface area (Å²) in [5.74, 6) is -0.0738. The highest BCUT2D eigenvalue weighted by molar-refractivity contribution is 5.98. The van der Waals surface area contributed by atoms with Crippen LogP contribution in [0.4, 0.5) is 10.1 Å². The topological polar surface area (TPSA) is 44.4 Å². The van der Waals surface area contributed by atoms with Crippen molar-refractivity contribution in [3.8, 4) is 0 Å². The quantitative estimate of drug-likeness (QED) is 0.814. The number of benzene rings is 1. The number of carbonyl (C=O) groups excluding carboxylic acids is 1. The summed E-state index contributed by atoms with van der Waals surface area (Å²) in [6, 6.07) is 3.95. The van der Waals surface area contributed by atoms with Gasteiger partial charge in [-0.25, -0.2) is 0 Å². The second-order valence-corrected chi connectivity index (χ2v) is 5.31. The number of alkyl halides is 1. The number of halogens is 1. The summed E-state index contributed by atoms with van der Waals surface area (Å²) in [6.07, 6.45) is 1.30. The minimum absolute atomic E-state index is 0.0738. The predicted molar refractivity (Wildman–Crippen MR) is 77.0 cm³/mol. The molecule has 0 aromatic heterocycles. The van der Waals surface area contributed by atoms with Crippen molar-refractivity contribution in [3.05, 3.63) is 28.8 Å². The third kappa shape index (κ3) is 2.38. The Bertz CT molecular complexity index is 518. The molecule has 0 saturated carbocycles. The van der Waals surface area contributed by atoms with E-state index in [0.29, 0.717) is 13.0 Å². The first-order chi connectivity index (χ1) is 9.81. The lowest BCUT2D eigenvalue weighted by Crippen LogP contribution is -2.27. The highest BCUT2D eigenvalue weighted by atomic mass is 19.1. The van der Waals surface area contributed by atoms with Crippen LogP contribution in [0.15, 0.2) is 12.1 Å². The van der Waals surface area contributed by atoms with E-state index < -0.39 is 6.67 Å². The van der Waals surface area contributed by atoms with Crippen molar-refractivity contribution in [1.82, 2.24) is 10.6 Å². The predicted octanol–water partition coefficient (Wildman–Crippen LogP) is 1.24. The maximum absolute atomic E-state index is 12.2. The third-order valence-electron chi connectivity index (χ3n) is 4.03. The monoisotopic (exact) mass is 277 g/mol. The molecular weight excluding hydrogens is 257 g/mol. The molecule has 0 saturated heterocycles. The Labute approximate surface area is 118 Å². The van der Waals surface area contributed by atoms with Crippen LogP contribution >= 0.6 is 0 Å². The number of amides is 1. The molecule has 3 rings (SSSR count). The molecule has 0 aliphatic carbocycles. The van der Waals surface area contributed by atoms with Gasteiger partial charge in [0.05, 0.1) is 6.67 Å². The molecule has 108 valence electrons. The molecular formula is C15H20FN3O. The molecule has 0 atom stereocenters. The summed E-state index contributed by atoms with van der Waals surface area (Å²) in [7, 11) is 0. The number of anilines is 1. The molecule has 1 aromatic rings. The normalized spacial score (nSPS) is 16.8. The maximum Gasteiger partial charge on any atom is 0.251 e. The minimum Gasteiger partial charge on any atom is -0.369 e. The maximum atomic E-state index is 12.2. The molecule has 2 heterocycles. The Kier molecular flexibility index (Phi) is 3.87. The number of nitrogens with one attached hydrogen (secondary N) is 2. The Hall–Kier alpha value is -1.62. The molecule has 0 spiro atoms. The molecule has 4 nitrogen and oxygen atoms in total. The second kappa shape index (κ2) is 5.79. The third-order valence-corrected chi connectivity index (χ3v) is 4.03. The van der Waals surface area contributed by atoms with Gasteiger partial charge in [-0.05, 0) is 30.0 Å². The van der Waals surface area contributed by atoms with E-state index in [1.54, 1.807) is 0 Å². The van der Waals surface area contributed by atoms with Crippen molar-refractivity contribution in [1.29, 1.82) is 0 Å². The van der Waals surface area contributed by atoms with E-state index in [1.165, 1.54) is 11.3 Å². The molecule has 2 N–H and O–H groups in total. The van der Waals surface area contributed by atoms with E-state index >= 15 is 0 Å². The van der Waals surface area contributed by atoms with Crippen LogP contribution in [-0.4, -0.2) is 38.8 Å². The van der Waals surface area contributed by atoms with E-state index in [4.69, 9.17) is 0 Å². The summed E-state index contributed by atoms with van der Waals surface area (Å²) in [6.45, 7) is 3.83. The van der Waals surface area contributed by atoms with Crippen LogP contribution in [0.2, 0.25) is 0 Å². The molecule has 2 aliphatic rings.